The standard InChI is InChI=1S/C13H21N3O4/c1-13(2)9(10(13)12(19)20)11(18)15-7-8(17)16-5-3-14-4-6-16/h9-10,14H,3-7H2,1-2H3,(H,15,18)(H,19,20)/t9-,10+/m1/s1. The molecule has 20 heavy (non-hydrogen) atoms. The molecule has 2 aliphatic rings. The molecule has 3 N–H and O–H groups in total. The smallest absolute Gasteiger partial charge is 0.307 e. The van der Waals surface area contributed by atoms with E-state index in [2.05, 4.69) is 10.6 Å². The average molecular weight is 283 g/mol. The Morgan fingerprint density at radius 3 is 2.35 bits per heavy atom. The third-order valence-corrected chi connectivity index (χ3v) is 4.26. The van der Waals surface area contributed by atoms with Gasteiger partial charge in [0.25, 0.3) is 0 Å². The molecule has 1 aliphatic heterocycles. The summed E-state index contributed by atoms with van der Waals surface area (Å²) in [5.74, 6) is -2.62. The number of amides is 2. The lowest BCUT2D eigenvalue weighted by atomic mass is 10.1. The molecular formula is C13H21N3O4. The lowest BCUT2D eigenvalue weighted by Crippen LogP contribution is -2.49. The number of piperazine rings is 1. The van der Waals surface area contributed by atoms with Crippen LogP contribution in [-0.2, 0) is 14.4 Å². The van der Waals surface area contributed by atoms with E-state index in [1.165, 1.54) is 0 Å². The molecule has 7 heteroatoms. The summed E-state index contributed by atoms with van der Waals surface area (Å²) in [7, 11) is 0. The van der Waals surface area contributed by atoms with E-state index in [0.717, 1.165) is 13.1 Å². The van der Waals surface area contributed by atoms with Crippen molar-refractivity contribution < 1.29 is 19.5 Å². The van der Waals surface area contributed by atoms with E-state index in [9.17, 15) is 14.4 Å². The Morgan fingerprint density at radius 2 is 1.85 bits per heavy atom. The predicted molar refractivity (Wildman–Crippen MR) is 70.9 cm³/mol. The van der Waals surface area contributed by atoms with Crippen LogP contribution in [0.4, 0.5) is 0 Å². The quantitative estimate of drug-likeness (QED) is 0.608. The summed E-state index contributed by atoms with van der Waals surface area (Å²) in [5.41, 5.74) is -0.534. The molecule has 0 spiro atoms. The summed E-state index contributed by atoms with van der Waals surface area (Å²) in [4.78, 5) is 36.6. The summed E-state index contributed by atoms with van der Waals surface area (Å²) in [6, 6.07) is 0. The van der Waals surface area contributed by atoms with Crippen LogP contribution in [0.3, 0.4) is 0 Å². The molecule has 2 atom stereocenters. The minimum Gasteiger partial charge on any atom is -0.481 e. The minimum absolute atomic E-state index is 0.0578. The van der Waals surface area contributed by atoms with Crippen molar-refractivity contribution in [1.82, 2.24) is 15.5 Å². The summed E-state index contributed by atoms with van der Waals surface area (Å²) < 4.78 is 0. The molecule has 1 saturated carbocycles. The van der Waals surface area contributed by atoms with Gasteiger partial charge < -0.3 is 20.6 Å². The maximum Gasteiger partial charge on any atom is 0.307 e. The van der Waals surface area contributed by atoms with Crippen LogP contribution in [0.5, 0.6) is 0 Å². The Balaban J connectivity index is 1.81. The first-order valence-electron chi connectivity index (χ1n) is 6.84. The molecule has 0 unspecified atom stereocenters. The lowest BCUT2D eigenvalue weighted by molar-refractivity contribution is -0.140. The Labute approximate surface area is 117 Å². The Bertz CT molecular complexity index is 429. The van der Waals surface area contributed by atoms with Crippen molar-refractivity contribution in [3.05, 3.63) is 0 Å². The van der Waals surface area contributed by atoms with Gasteiger partial charge in [0.15, 0.2) is 0 Å². The summed E-state index contributed by atoms with van der Waals surface area (Å²) in [6.45, 7) is 6.26. The number of carboxylic acid groups (broad SMARTS) is 1. The first-order chi connectivity index (χ1) is 9.35. The van der Waals surface area contributed by atoms with Gasteiger partial charge in [-0.05, 0) is 5.41 Å². The van der Waals surface area contributed by atoms with Crippen molar-refractivity contribution in [3.63, 3.8) is 0 Å². The summed E-state index contributed by atoms with van der Waals surface area (Å²) >= 11 is 0. The van der Waals surface area contributed by atoms with Crippen LogP contribution in [0.25, 0.3) is 0 Å². The number of carbonyl (C=O) groups excluding carboxylic acids is 2. The van der Waals surface area contributed by atoms with Gasteiger partial charge in [0.05, 0.1) is 18.4 Å². The van der Waals surface area contributed by atoms with Crippen LogP contribution < -0.4 is 10.6 Å². The average Bonchev–Trinajstić information content (AvgIpc) is 3.00. The van der Waals surface area contributed by atoms with Gasteiger partial charge in [0.1, 0.15) is 0 Å². The lowest BCUT2D eigenvalue weighted by Gasteiger charge is -2.27. The number of carboxylic acids is 1. The first kappa shape index (κ1) is 14.8. The first-order valence-corrected chi connectivity index (χ1v) is 6.84. The molecule has 0 bridgehead atoms. The molecule has 112 valence electrons. The van der Waals surface area contributed by atoms with Crippen LogP contribution in [0.15, 0.2) is 0 Å². The van der Waals surface area contributed by atoms with Gasteiger partial charge in [0, 0.05) is 26.2 Å². The molecule has 0 aromatic heterocycles. The minimum atomic E-state index is -0.955. The molecule has 0 aromatic carbocycles. The number of nitrogens with one attached hydrogen (secondary N) is 2. The maximum atomic E-state index is 12.0. The van der Waals surface area contributed by atoms with Crippen LogP contribution in [-0.4, -0.2) is 60.5 Å². The van der Waals surface area contributed by atoms with Gasteiger partial charge in [-0.1, -0.05) is 13.8 Å². The van der Waals surface area contributed by atoms with Gasteiger partial charge in [-0.15, -0.1) is 0 Å². The molecule has 7 nitrogen and oxygen atoms in total. The second kappa shape index (κ2) is 5.40. The van der Waals surface area contributed by atoms with E-state index in [4.69, 9.17) is 5.11 Å². The number of hydrogen-bond acceptors (Lipinski definition) is 4. The second-order valence-electron chi connectivity index (χ2n) is 5.96. The number of nitrogens with zero attached hydrogens (tertiary/aromatic N) is 1. The van der Waals surface area contributed by atoms with Crippen molar-refractivity contribution in [2.75, 3.05) is 32.7 Å². The molecule has 2 rings (SSSR count). The highest BCUT2D eigenvalue weighted by atomic mass is 16.4. The molecular weight excluding hydrogens is 262 g/mol. The fourth-order valence-electron chi connectivity index (χ4n) is 2.89. The SMILES string of the molecule is CC1(C)[C@H](C(=O)O)[C@@H]1C(=O)NCC(=O)N1CCNCC1. The van der Waals surface area contributed by atoms with E-state index in [0.29, 0.717) is 13.1 Å². The number of rotatable bonds is 4. The van der Waals surface area contributed by atoms with E-state index >= 15 is 0 Å². The van der Waals surface area contributed by atoms with Crippen molar-refractivity contribution >= 4 is 17.8 Å². The zero-order valence-corrected chi connectivity index (χ0v) is 11.8. The van der Waals surface area contributed by atoms with E-state index < -0.39 is 23.2 Å². The summed E-state index contributed by atoms with van der Waals surface area (Å²) in [5, 5.41) is 14.7. The molecule has 2 fully saturated rings. The monoisotopic (exact) mass is 283 g/mol. The third-order valence-electron chi connectivity index (χ3n) is 4.26. The van der Waals surface area contributed by atoms with Crippen LogP contribution in [0.2, 0.25) is 0 Å². The largest absolute Gasteiger partial charge is 0.481 e. The van der Waals surface area contributed by atoms with E-state index in [-0.39, 0.29) is 18.4 Å². The molecule has 1 heterocycles. The molecule has 0 radical (unpaired) electrons. The third kappa shape index (κ3) is 2.77. The molecule has 2 amide bonds. The predicted octanol–water partition coefficient (Wildman–Crippen LogP) is -1.11. The summed E-state index contributed by atoms with van der Waals surface area (Å²) in [6.07, 6.45) is 0. The number of hydrogen-bond donors (Lipinski definition) is 3. The van der Waals surface area contributed by atoms with E-state index in [1.807, 2.05) is 0 Å². The highest BCUT2D eigenvalue weighted by Gasteiger charge is 2.65. The molecule has 1 aliphatic carbocycles. The topological polar surface area (TPSA) is 98.7 Å². The van der Waals surface area contributed by atoms with Crippen molar-refractivity contribution in [3.8, 4) is 0 Å². The van der Waals surface area contributed by atoms with Crippen LogP contribution in [0.1, 0.15) is 13.8 Å². The number of carbonyl (C=O) groups is 3. The van der Waals surface area contributed by atoms with Gasteiger partial charge in [-0.2, -0.15) is 0 Å². The van der Waals surface area contributed by atoms with Crippen molar-refractivity contribution in [1.29, 1.82) is 0 Å². The highest BCUT2D eigenvalue weighted by molar-refractivity contribution is 5.93. The normalized spacial score (nSPS) is 27.8. The maximum absolute atomic E-state index is 12.0. The zero-order chi connectivity index (χ0) is 14.9. The number of aliphatic carboxylic acids is 1. The van der Waals surface area contributed by atoms with Crippen LogP contribution in [0, 0.1) is 17.3 Å². The fraction of sp³-hybridized carbons (Fsp3) is 0.769. The van der Waals surface area contributed by atoms with Crippen molar-refractivity contribution in [2.24, 2.45) is 17.3 Å². The molecule has 1 saturated heterocycles. The van der Waals surface area contributed by atoms with Gasteiger partial charge in [0.2, 0.25) is 11.8 Å². The molecule has 0 aromatic rings. The Kier molecular flexibility index (Phi) is 3.99. The Morgan fingerprint density at radius 1 is 1.25 bits per heavy atom. The fourth-order valence-corrected chi connectivity index (χ4v) is 2.89. The van der Waals surface area contributed by atoms with E-state index in [1.54, 1.807) is 18.7 Å². The highest BCUT2D eigenvalue weighted by Crippen LogP contribution is 2.58. The van der Waals surface area contributed by atoms with Crippen LogP contribution >= 0.6 is 0 Å². The second-order valence-corrected chi connectivity index (χ2v) is 5.96. The van der Waals surface area contributed by atoms with Crippen molar-refractivity contribution in [2.45, 2.75) is 13.8 Å². The van der Waals surface area contributed by atoms with Gasteiger partial charge >= 0.3 is 5.97 Å². The van der Waals surface area contributed by atoms with Gasteiger partial charge in [-0.3, -0.25) is 14.4 Å². The Hall–Kier alpha value is -1.63. The van der Waals surface area contributed by atoms with Gasteiger partial charge in [-0.25, -0.2) is 0 Å². The zero-order valence-electron chi connectivity index (χ0n) is 11.8.